The molecular formula is C19H24ClN5OS. The van der Waals surface area contributed by atoms with Crippen LogP contribution >= 0.6 is 11.8 Å². The smallest absolute Gasteiger partial charge is 0.387 e. The minimum atomic E-state index is -0.600. The predicted octanol–water partition coefficient (Wildman–Crippen LogP) is -0.789. The Morgan fingerprint density at radius 1 is 1.41 bits per heavy atom. The molecule has 2 aromatic rings. The van der Waals surface area contributed by atoms with Crippen LogP contribution in [0.3, 0.4) is 0 Å². The Balaban J connectivity index is 0.00000261. The molecule has 1 atom stereocenters. The van der Waals surface area contributed by atoms with E-state index in [1.807, 2.05) is 52.7 Å². The Morgan fingerprint density at radius 2 is 2.15 bits per heavy atom. The summed E-state index contributed by atoms with van der Waals surface area (Å²) in [5.41, 5.74) is 1.24. The molecule has 27 heavy (non-hydrogen) atoms. The third-order valence-corrected chi connectivity index (χ3v) is 4.92. The van der Waals surface area contributed by atoms with Gasteiger partial charge in [-0.1, -0.05) is 58.1 Å². The van der Waals surface area contributed by atoms with Gasteiger partial charge >= 0.3 is 5.95 Å². The minimum absolute atomic E-state index is 0. The van der Waals surface area contributed by atoms with Crippen molar-refractivity contribution < 1.29 is 22.1 Å². The zero-order valence-electron chi connectivity index (χ0n) is 15.5. The van der Waals surface area contributed by atoms with Gasteiger partial charge in [-0.25, -0.2) is 4.57 Å². The lowest BCUT2D eigenvalue weighted by atomic mass is 10.2. The van der Waals surface area contributed by atoms with Crippen molar-refractivity contribution in [3.05, 3.63) is 54.6 Å². The molecule has 2 heterocycles. The topological polar surface area (TPSA) is 55.8 Å². The first kappa shape index (κ1) is 21.2. The molecule has 8 heteroatoms. The third kappa shape index (κ3) is 5.22. The van der Waals surface area contributed by atoms with Gasteiger partial charge in [-0.2, -0.15) is 0 Å². The third-order valence-electron chi connectivity index (χ3n) is 3.94. The lowest BCUT2D eigenvalue weighted by molar-refractivity contribution is -0.667. The Bertz CT molecular complexity index is 800. The van der Waals surface area contributed by atoms with Crippen LogP contribution in [0.25, 0.3) is 0 Å². The van der Waals surface area contributed by atoms with Crippen molar-refractivity contribution in [1.29, 1.82) is 0 Å². The lowest BCUT2D eigenvalue weighted by Crippen LogP contribution is -3.00. The van der Waals surface area contributed by atoms with Gasteiger partial charge in [0.1, 0.15) is 6.54 Å². The second-order valence-electron chi connectivity index (χ2n) is 6.27. The Hall–Kier alpha value is -2.09. The van der Waals surface area contributed by atoms with Crippen molar-refractivity contribution in [2.75, 3.05) is 25.5 Å². The molecule has 0 saturated heterocycles. The summed E-state index contributed by atoms with van der Waals surface area (Å²) in [7, 11) is 3.84. The molecular weight excluding hydrogens is 382 g/mol. The Morgan fingerprint density at radius 3 is 2.81 bits per heavy atom. The summed E-state index contributed by atoms with van der Waals surface area (Å²) in [6.45, 7) is 4.81. The summed E-state index contributed by atoms with van der Waals surface area (Å²) < 4.78 is 1.95. The van der Waals surface area contributed by atoms with Gasteiger partial charge in [0.2, 0.25) is 5.82 Å². The standard InChI is InChI=1S/C19H24N5OS.ClH/c1-4-10-23-17-11-16(26-13-15-8-6-5-7-9-15)21-19(20-14-22(2)3)24(17)12-18(23)25;/h4-9,11,14,18,25H,1,10,12-13H2,2-3H3;1H/q+1;/p-1. The van der Waals surface area contributed by atoms with Gasteiger partial charge in [-0.05, 0) is 5.56 Å². The van der Waals surface area contributed by atoms with E-state index in [9.17, 15) is 5.11 Å². The van der Waals surface area contributed by atoms with Gasteiger partial charge in [0.15, 0.2) is 17.6 Å². The van der Waals surface area contributed by atoms with Crippen molar-refractivity contribution in [3.63, 3.8) is 0 Å². The van der Waals surface area contributed by atoms with Crippen molar-refractivity contribution in [2.45, 2.75) is 23.6 Å². The predicted molar refractivity (Wildman–Crippen MR) is 106 cm³/mol. The van der Waals surface area contributed by atoms with Gasteiger partial charge in [-0.3, -0.25) is 4.90 Å². The van der Waals surface area contributed by atoms with E-state index in [0.29, 0.717) is 19.0 Å². The summed E-state index contributed by atoms with van der Waals surface area (Å²) in [6, 6.07) is 12.3. The van der Waals surface area contributed by atoms with E-state index in [-0.39, 0.29) is 12.4 Å². The zero-order chi connectivity index (χ0) is 18.5. The van der Waals surface area contributed by atoms with Crippen LogP contribution in [0.2, 0.25) is 0 Å². The number of fused-ring (bicyclic) bond motifs is 1. The number of anilines is 1. The maximum absolute atomic E-state index is 10.4. The molecule has 3 rings (SSSR count). The summed E-state index contributed by atoms with van der Waals surface area (Å²) in [4.78, 5) is 13.0. The van der Waals surface area contributed by atoms with Crippen molar-refractivity contribution >= 4 is 29.9 Å². The first-order valence-corrected chi connectivity index (χ1v) is 9.45. The fourth-order valence-corrected chi connectivity index (χ4v) is 3.58. The molecule has 0 aliphatic carbocycles. The Labute approximate surface area is 170 Å². The number of thioether (sulfide) groups is 1. The monoisotopic (exact) mass is 405 g/mol. The highest BCUT2D eigenvalue weighted by molar-refractivity contribution is 7.98. The van der Waals surface area contributed by atoms with Crippen LogP contribution in [0.4, 0.5) is 11.8 Å². The number of hydrogen-bond donors (Lipinski definition) is 1. The van der Waals surface area contributed by atoms with E-state index in [2.05, 4.69) is 23.7 Å². The molecule has 6 nitrogen and oxygen atoms in total. The number of aromatic nitrogens is 2. The van der Waals surface area contributed by atoms with Gasteiger partial charge in [0, 0.05) is 25.9 Å². The Kier molecular flexibility index (Phi) is 7.65. The van der Waals surface area contributed by atoms with Gasteiger partial charge in [-0.15, -0.1) is 6.58 Å². The number of aliphatic hydroxyl groups is 1. The van der Waals surface area contributed by atoms with Crippen molar-refractivity contribution in [2.24, 2.45) is 4.99 Å². The second kappa shape index (κ2) is 9.73. The van der Waals surface area contributed by atoms with Gasteiger partial charge in [0.25, 0.3) is 0 Å². The summed E-state index contributed by atoms with van der Waals surface area (Å²) in [5, 5.41) is 11.3. The van der Waals surface area contributed by atoms with Crippen LogP contribution in [-0.2, 0) is 12.3 Å². The van der Waals surface area contributed by atoms with Crippen LogP contribution in [0.5, 0.6) is 0 Å². The average Bonchev–Trinajstić information content (AvgIpc) is 2.95. The zero-order valence-corrected chi connectivity index (χ0v) is 17.1. The SMILES string of the molecule is C=CCN1c2cc(SCc3ccccc3)nc(/N=C/N(C)C)[n+]2CC1O.[Cl-]. The molecule has 1 aliphatic heterocycles. The summed E-state index contributed by atoms with van der Waals surface area (Å²) >= 11 is 1.66. The highest BCUT2D eigenvalue weighted by Gasteiger charge is 2.35. The number of hydrogen-bond acceptors (Lipinski definition) is 5. The first-order chi connectivity index (χ1) is 12.6. The number of nitrogens with zero attached hydrogens (tertiary/aromatic N) is 5. The molecule has 0 fully saturated rings. The van der Waals surface area contributed by atoms with E-state index in [0.717, 1.165) is 16.6 Å². The minimum Gasteiger partial charge on any atom is -1.00 e. The molecule has 1 N–H and O–H groups in total. The highest BCUT2D eigenvalue weighted by Crippen LogP contribution is 2.28. The normalized spacial score (nSPS) is 15.5. The molecule has 0 saturated carbocycles. The molecule has 1 aromatic heterocycles. The maximum Gasteiger partial charge on any atom is 0.387 e. The molecule has 0 radical (unpaired) electrons. The first-order valence-electron chi connectivity index (χ1n) is 8.46. The number of aliphatic hydroxyl groups excluding tert-OH is 1. The van der Waals surface area contributed by atoms with Gasteiger partial charge < -0.3 is 22.4 Å². The van der Waals surface area contributed by atoms with Crippen LogP contribution in [-0.4, -0.2) is 48.2 Å². The number of halogens is 1. The number of aliphatic imine (C=N–C) groups is 1. The van der Waals surface area contributed by atoms with E-state index < -0.39 is 6.23 Å². The molecule has 144 valence electrons. The average molecular weight is 406 g/mol. The molecule has 0 spiro atoms. The lowest BCUT2D eigenvalue weighted by Gasteiger charge is -2.15. The fraction of sp³-hybridized carbons (Fsp3) is 0.316. The summed E-state index contributed by atoms with van der Waals surface area (Å²) in [5.74, 6) is 2.34. The number of benzene rings is 1. The van der Waals surface area contributed by atoms with E-state index in [1.54, 1.807) is 24.2 Å². The second-order valence-corrected chi connectivity index (χ2v) is 7.26. The quantitative estimate of drug-likeness (QED) is 0.163. The van der Waals surface area contributed by atoms with E-state index in [1.165, 1.54) is 5.56 Å². The van der Waals surface area contributed by atoms with Crippen LogP contribution in [0.1, 0.15) is 5.56 Å². The van der Waals surface area contributed by atoms with Crippen LogP contribution < -0.4 is 21.9 Å². The van der Waals surface area contributed by atoms with Crippen LogP contribution in [0, 0.1) is 0 Å². The molecule has 0 bridgehead atoms. The van der Waals surface area contributed by atoms with E-state index in [4.69, 9.17) is 4.98 Å². The highest BCUT2D eigenvalue weighted by atomic mass is 35.5. The van der Waals surface area contributed by atoms with Crippen molar-refractivity contribution in [3.8, 4) is 0 Å². The number of rotatable bonds is 7. The fourth-order valence-electron chi connectivity index (χ4n) is 2.74. The van der Waals surface area contributed by atoms with E-state index >= 15 is 0 Å². The molecule has 0 amide bonds. The molecule has 1 aromatic carbocycles. The largest absolute Gasteiger partial charge is 1.00 e. The summed E-state index contributed by atoms with van der Waals surface area (Å²) in [6.07, 6.45) is 2.92. The maximum atomic E-state index is 10.4. The van der Waals surface area contributed by atoms with Crippen LogP contribution in [0.15, 0.2) is 59.1 Å². The molecule has 1 unspecified atom stereocenters. The van der Waals surface area contributed by atoms with Crippen molar-refractivity contribution in [1.82, 2.24) is 9.88 Å². The molecule has 1 aliphatic rings. The van der Waals surface area contributed by atoms with Gasteiger partial charge in [0.05, 0.1) is 6.54 Å².